The first kappa shape index (κ1) is 17.4. The number of hydrogen-bond donors (Lipinski definition) is 1. The molecule has 3 rings (SSSR count). The van der Waals surface area contributed by atoms with Crippen LogP contribution in [0.5, 0.6) is 0 Å². The fourth-order valence-corrected chi connectivity index (χ4v) is 3.30. The van der Waals surface area contributed by atoms with Crippen molar-refractivity contribution in [3.8, 4) is 0 Å². The first-order chi connectivity index (χ1) is 11.9. The highest BCUT2D eigenvalue weighted by atomic mass is 35.5. The summed E-state index contributed by atoms with van der Waals surface area (Å²) in [4.78, 5) is 41.7. The summed E-state index contributed by atoms with van der Waals surface area (Å²) in [5.74, 6) is -0.188. The molecule has 0 saturated heterocycles. The van der Waals surface area contributed by atoms with Gasteiger partial charge in [0.25, 0.3) is 5.56 Å². The lowest BCUT2D eigenvalue weighted by Crippen LogP contribution is -2.35. The molecule has 0 aliphatic heterocycles. The number of ketones is 1. The van der Waals surface area contributed by atoms with Gasteiger partial charge in [-0.05, 0) is 31.9 Å². The van der Waals surface area contributed by atoms with E-state index in [1.807, 2.05) is 0 Å². The van der Waals surface area contributed by atoms with E-state index in [-0.39, 0.29) is 29.0 Å². The van der Waals surface area contributed by atoms with Crippen molar-refractivity contribution < 1.29 is 9.59 Å². The Kier molecular flexibility index (Phi) is 4.72. The maximum absolute atomic E-state index is 13.1. The summed E-state index contributed by atoms with van der Waals surface area (Å²) in [6.07, 6.45) is 1.51. The van der Waals surface area contributed by atoms with Crippen LogP contribution in [0.15, 0.2) is 35.1 Å². The predicted octanol–water partition coefficient (Wildman–Crippen LogP) is 2.73. The molecule has 1 atom stereocenters. The summed E-state index contributed by atoms with van der Waals surface area (Å²) in [6, 6.07) is 4.49. The molecular weight excluding hydrogens is 342 g/mol. The molecular formula is C18H18ClN3O3. The Morgan fingerprint density at radius 1 is 1.44 bits per heavy atom. The number of rotatable bonds is 3. The Balaban J connectivity index is 2.19. The number of aromatic nitrogens is 2. The van der Waals surface area contributed by atoms with Gasteiger partial charge in [0, 0.05) is 6.42 Å². The van der Waals surface area contributed by atoms with Gasteiger partial charge in [-0.15, -0.1) is 11.6 Å². The Hall–Kier alpha value is -2.47. The van der Waals surface area contributed by atoms with Crippen molar-refractivity contribution in [2.45, 2.75) is 32.2 Å². The molecule has 0 spiro atoms. The van der Waals surface area contributed by atoms with Crippen LogP contribution in [0.4, 0.5) is 5.69 Å². The highest BCUT2D eigenvalue weighted by Crippen LogP contribution is 2.29. The van der Waals surface area contributed by atoms with Crippen molar-refractivity contribution >= 4 is 39.9 Å². The third-order valence-electron chi connectivity index (χ3n) is 4.38. The zero-order valence-electron chi connectivity index (χ0n) is 13.8. The number of alkyl halides is 1. The molecule has 6 nitrogen and oxygen atoms in total. The van der Waals surface area contributed by atoms with E-state index in [1.54, 1.807) is 25.1 Å². The molecule has 1 aromatic heterocycles. The molecule has 25 heavy (non-hydrogen) atoms. The summed E-state index contributed by atoms with van der Waals surface area (Å²) < 4.78 is 1.44. The number of hydrogen-bond acceptors (Lipinski definition) is 4. The van der Waals surface area contributed by atoms with Crippen molar-refractivity contribution in [1.82, 2.24) is 9.55 Å². The van der Waals surface area contributed by atoms with Crippen molar-refractivity contribution in [1.29, 1.82) is 0 Å². The molecule has 1 fully saturated rings. The molecule has 1 aliphatic carbocycles. The number of nitrogens with one attached hydrogen (secondary N) is 1. The van der Waals surface area contributed by atoms with E-state index in [9.17, 15) is 14.4 Å². The molecule has 1 N–H and O–H groups in total. The number of carbonyl (C=O) groups is 2. The number of aryl methyl sites for hydroxylation is 1. The zero-order valence-corrected chi connectivity index (χ0v) is 14.6. The first-order valence-electron chi connectivity index (χ1n) is 7.99. The minimum absolute atomic E-state index is 0.0372. The van der Waals surface area contributed by atoms with Gasteiger partial charge in [0.15, 0.2) is 5.78 Å². The third kappa shape index (κ3) is 3.22. The van der Waals surface area contributed by atoms with Crippen LogP contribution in [0.3, 0.4) is 0 Å². The number of amides is 1. The monoisotopic (exact) mass is 359 g/mol. The van der Waals surface area contributed by atoms with Crippen molar-refractivity contribution in [2.75, 3.05) is 11.2 Å². The maximum atomic E-state index is 13.1. The van der Waals surface area contributed by atoms with Crippen LogP contribution in [0.25, 0.3) is 10.9 Å². The molecule has 2 aromatic rings. The smallest absolute Gasteiger partial charge is 0.264 e. The minimum atomic E-state index is -0.549. The van der Waals surface area contributed by atoms with E-state index in [2.05, 4.69) is 16.9 Å². The largest absolute Gasteiger partial charge is 0.324 e. The number of carbonyl (C=O) groups excluding carboxylic acids is 2. The molecule has 1 saturated carbocycles. The number of benzene rings is 1. The van der Waals surface area contributed by atoms with Crippen molar-refractivity contribution in [2.24, 2.45) is 0 Å². The second kappa shape index (κ2) is 6.80. The van der Waals surface area contributed by atoms with Gasteiger partial charge < -0.3 is 5.32 Å². The molecule has 1 aliphatic rings. The fourth-order valence-electron chi connectivity index (χ4n) is 3.24. The average molecular weight is 360 g/mol. The third-order valence-corrected chi connectivity index (χ3v) is 4.62. The van der Waals surface area contributed by atoms with Gasteiger partial charge >= 0.3 is 0 Å². The van der Waals surface area contributed by atoms with Crippen LogP contribution in [0.1, 0.15) is 31.1 Å². The number of anilines is 1. The second-order valence-electron chi connectivity index (χ2n) is 6.16. The van der Waals surface area contributed by atoms with Crippen molar-refractivity contribution in [3.63, 3.8) is 0 Å². The molecule has 0 bridgehead atoms. The van der Waals surface area contributed by atoms with E-state index in [0.29, 0.717) is 29.9 Å². The fraction of sp³-hybridized carbons (Fsp3) is 0.333. The number of nitrogens with zero attached hydrogens (tertiary/aromatic N) is 2. The summed E-state index contributed by atoms with van der Waals surface area (Å²) >= 11 is 5.54. The standard InChI is InChI=1S/C18H18ClN3O3/c1-10-6-7-14(15(23)8-10)22-11(2)20-12-4-3-5-13(17(12)18(22)25)21-16(24)9-19/h3-5,14H,1,6-9H2,2H3,(H,21,24). The van der Waals surface area contributed by atoms with E-state index < -0.39 is 11.9 Å². The van der Waals surface area contributed by atoms with Gasteiger partial charge in [-0.2, -0.15) is 0 Å². The van der Waals surface area contributed by atoms with Crippen LogP contribution in [-0.4, -0.2) is 27.1 Å². The Morgan fingerprint density at radius 2 is 2.20 bits per heavy atom. The SMILES string of the molecule is C=C1CCC(n2c(C)nc3cccc(NC(=O)CCl)c3c2=O)C(=O)C1. The van der Waals surface area contributed by atoms with Crippen LogP contribution in [0.2, 0.25) is 0 Å². The number of Topliss-reactive ketones (excluding diaryl/α,β-unsaturated/α-hetero) is 1. The summed E-state index contributed by atoms with van der Waals surface area (Å²) in [6.45, 7) is 5.57. The summed E-state index contributed by atoms with van der Waals surface area (Å²) in [5, 5.41) is 2.90. The highest BCUT2D eigenvalue weighted by Gasteiger charge is 2.28. The van der Waals surface area contributed by atoms with E-state index in [0.717, 1.165) is 5.57 Å². The van der Waals surface area contributed by atoms with E-state index >= 15 is 0 Å². The molecule has 0 radical (unpaired) electrons. The molecule has 7 heteroatoms. The Labute approximate surface area is 149 Å². The zero-order chi connectivity index (χ0) is 18.1. The van der Waals surface area contributed by atoms with Crippen LogP contribution in [-0.2, 0) is 9.59 Å². The van der Waals surface area contributed by atoms with Gasteiger partial charge in [-0.3, -0.25) is 19.0 Å². The number of fused-ring (bicyclic) bond motifs is 1. The lowest BCUT2D eigenvalue weighted by molar-refractivity contribution is -0.122. The molecule has 1 heterocycles. The van der Waals surface area contributed by atoms with Gasteiger partial charge in [-0.1, -0.05) is 18.2 Å². The second-order valence-corrected chi connectivity index (χ2v) is 6.43. The topological polar surface area (TPSA) is 81.1 Å². The normalized spacial score (nSPS) is 17.8. The highest BCUT2D eigenvalue weighted by molar-refractivity contribution is 6.29. The predicted molar refractivity (Wildman–Crippen MR) is 97.1 cm³/mol. The minimum Gasteiger partial charge on any atom is -0.324 e. The van der Waals surface area contributed by atoms with Crippen LogP contribution < -0.4 is 10.9 Å². The van der Waals surface area contributed by atoms with Gasteiger partial charge in [-0.25, -0.2) is 4.98 Å². The average Bonchev–Trinajstić information content (AvgIpc) is 2.56. The van der Waals surface area contributed by atoms with E-state index in [1.165, 1.54) is 4.57 Å². The number of halogens is 1. The summed E-state index contributed by atoms with van der Waals surface area (Å²) in [7, 11) is 0. The summed E-state index contributed by atoms with van der Waals surface area (Å²) in [5.41, 5.74) is 1.37. The van der Waals surface area contributed by atoms with Crippen LogP contribution >= 0.6 is 11.6 Å². The van der Waals surface area contributed by atoms with Gasteiger partial charge in [0.2, 0.25) is 5.91 Å². The molecule has 1 amide bonds. The van der Waals surface area contributed by atoms with Crippen LogP contribution in [0, 0.1) is 6.92 Å². The molecule has 1 aromatic carbocycles. The Morgan fingerprint density at radius 3 is 2.88 bits per heavy atom. The van der Waals surface area contributed by atoms with Gasteiger partial charge in [0.05, 0.1) is 22.6 Å². The lowest BCUT2D eigenvalue weighted by atomic mass is 9.90. The molecule has 130 valence electrons. The quantitative estimate of drug-likeness (QED) is 0.675. The maximum Gasteiger partial charge on any atom is 0.264 e. The Bertz CT molecular complexity index is 948. The van der Waals surface area contributed by atoms with Gasteiger partial charge in [0.1, 0.15) is 11.7 Å². The molecule has 1 unspecified atom stereocenters. The van der Waals surface area contributed by atoms with E-state index in [4.69, 9.17) is 11.6 Å². The lowest BCUT2D eigenvalue weighted by Gasteiger charge is -2.26. The van der Waals surface area contributed by atoms with Crippen molar-refractivity contribution in [3.05, 3.63) is 46.5 Å². The first-order valence-corrected chi connectivity index (χ1v) is 8.53. The number of allylic oxidation sites excluding steroid dienone is 1.